The van der Waals surface area contributed by atoms with Crippen LogP contribution in [-0.2, 0) is 24.7 Å². The van der Waals surface area contributed by atoms with Gasteiger partial charge in [0.25, 0.3) is 5.22 Å². The predicted molar refractivity (Wildman–Crippen MR) is 130 cm³/mol. The summed E-state index contributed by atoms with van der Waals surface area (Å²) in [6.45, 7) is 2.64. The molecule has 3 aromatic rings. The summed E-state index contributed by atoms with van der Waals surface area (Å²) in [5, 5.41) is 2.97. The van der Waals surface area contributed by atoms with E-state index in [9.17, 15) is 21.6 Å². The van der Waals surface area contributed by atoms with Crippen LogP contribution in [0, 0.1) is 0 Å². The number of nitrogens with one attached hydrogen (secondary N) is 1. The molecule has 0 radical (unpaired) electrons. The Hall–Kier alpha value is -2.41. The minimum Gasteiger partial charge on any atom is -0.431 e. The summed E-state index contributed by atoms with van der Waals surface area (Å²) in [5.74, 6) is -0.308. The van der Waals surface area contributed by atoms with Gasteiger partial charge in [-0.05, 0) is 55.3 Å². The van der Waals surface area contributed by atoms with Crippen LogP contribution in [0.15, 0.2) is 61.9 Å². The second-order valence-corrected chi connectivity index (χ2v) is 13.0. The summed E-state index contributed by atoms with van der Waals surface area (Å²) >= 11 is 1.08. The molecule has 1 aliphatic heterocycles. The van der Waals surface area contributed by atoms with Gasteiger partial charge in [-0.25, -0.2) is 21.8 Å². The van der Waals surface area contributed by atoms with Crippen molar-refractivity contribution in [2.24, 2.45) is 0 Å². The lowest BCUT2D eigenvalue weighted by molar-refractivity contribution is -0.113. The number of sulfone groups is 1. The average Bonchev–Trinajstić information content (AvgIpc) is 3.26. The number of benzene rings is 2. The lowest BCUT2D eigenvalue weighted by atomic mass is 10.2. The average molecular weight is 524 g/mol. The SMILES string of the molecule is CCS(=O)(=O)c1ccc2oc(SCC(=O)Nc3ccc(S(=O)(=O)N4CCCCC4)cc3)nc2c1. The van der Waals surface area contributed by atoms with Gasteiger partial charge in [-0.3, -0.25) is 4.79 Å². The Labute approximate surface area is 202 Å². The van der Waals surface area contributed by atoms with Crippen molar-refractivity contribution in [1.82, 2.24) is 9.29 Å². The molecule has 9 nitrogen and oxygen atoms in total. The van der Waals surface area contributed by atoms with Crippen molar-refractivity contribution in [3.63, 3.8) is 0 Å². The fraction of sp³-hybridized carbons (Fsp3) is 0.364. The Balaban J connectivity index is 1.36. The van der Waals surface area contributed by atoms with E-state index < -0.39 is 19.9 Å². The van der Waals surface area contributed by atoms with Gasteiger partial charge >= 0.3 is 0 Å². The Bertz CT molecular complexity index is 1390. The van der Waals surface area contributed by atoms with E-state index in [-0.39, 0.29) is 32.4 Å². The number of anilines is 1. The molecule has 0 saturated carbocycles. The fourth-order valence-electron chi connectivity index (χ4n) is 3.60. The molecule has 34 heavy (non-hydrogen) atoms. The third-order valence-corrected chi connectivity index (χ3v) is 9.97. The molecule has 1 aromatic heterocycles. The molecule has 0 unspecified atom stereocenters. The van der Waals surface area contributed by atoms with Crippen molar-refractivity contribution >= 4 is 54.3 Å². The van der Waals surface area contributed by atoms with Gasteiger partial charge in [0.15, 0.2) is 15.4 Å². The molecule has 1 amide bonds. The number of carbonyl (C=O) groups is 1. The van der Waals surface area contributed by atoms with E-state index in [1.807, 2.05) is 0 Å². The minimum atomic E-state index is -3.52. The van der Waals surface area contributed by atoms with E-state index in [2.05, 4.69) is 10.3 Å². The highest BCUT2D eigenvalue weighted by Crippen LogP contribution is 2.26. The van der Waals surface area contributed by atoms with Crippen molar-refractivity contribution in [3.05, 3.63) is 42.5 Å². The van der Waals surface area contributed by atoms with Gasteiger partial charge in [-0.1, -0.05) is 25.1 Å². The standard InChI is InChI=1S/C22H25N3O6S3/c1-2-33(27,28)18-10-11-20-19(14-18)24-22(31-20)32-15-21(26)23-16-6-8-17(9-7-16)34(29,30)25-12-4-3-5-13-25/h6-11,14H,2-5,12-13,15H2,1H3,(H,23,26). The summed E-state index contributed by atoms with van der Waals surface area (Å²) in [6, 6.07) is 10.6. The number of aromatic nitrogens is 1. The summed E-state index contributed by atoms with van der Waals surface area (Å²) in [7, 11) is -6.87. The molecular weight excluding hydrogens is 498 g/mol. The number of hydrogen-bond acceptors (Lipinski definition) is 8. The Morgan fingerprint density at radius 1 is 1.03 bits per heavy atom. The van der Waals surface area contributed by atoms with Crippen molar-refractivity contribution in [2.75, 3.05) is 29.9 Å². The molecule has 0 aliphatic carbocycles. The molecule has 4 rings (SSSR count). The normalized spacial score (nSPS) is 15.4. The molecule has 0 spiro atoms. The molecule has 12 heteroatoms. The number of rotatable bonds is 8. The van der Waals surface area contributed by atoms with Gasteiger partial charge < -0.3 is 9.73 Å². The van der Waals surface area contributed by atoms with Crippen LogP contribution in [0.2, 0.25) is 0 Å². The van der Waals surface area contributed by atoms with Gasteiger partial charge in [0, 0.05) is 18.8 Å². The zero-order valence-corrected chi connectivity index (χ0v) is 21.0. The molecule has 1 N–H and O–H groups in total. The Morgan fingerprint density at radius 3 is 2.38 bits per heavy atom. The zero-order chi connectivity index (χ0) is 24.3. The lowest BCUT2D eigenvalue weighted by Gasteiger charge is -2.25. The molecule has 1 aliphatic rings. The highest BCUT2D eigenvalue weighted by atomic mass is 32.2. The van der Waals surface area contributed by atoms with Crippen LogP contribution in [0.5, 0.6) is 0 Å². The molecule has 0 atom stereocenters. The number of hydrogen-bond donors (Lipinski definition) is 1. The summed E-state index contributed by atoms with van der Waals surface area (Å²) in [6.07, 6.45) is 2.77. The monoisotopic (exact) mass is 523 g/mol. The van der Waals surface area contributed by atoms with Crippen LogP contribution in [0.25, 0.3) is 11.1 Å². The smallest absolute Gasteiger partial charge is 0.257 e. The fourth-order valence-corrected chi connectivity index (χ4v) is 6.65. The maximum atomic E-state index is 12.7. The molecule has 1 fully saturated rings. The highest BCUT2D eigenvalue weighted by molar-refractivity contribution is 7.99. The van der Waals surface area contributed by atoms with E-state index in [0.29, 0.717) is 29.9 Å². The van der Waals surface area contributed by atoms with Crippen LogP contribution >= 0.6 is 11.8 Å². The third-order valence-electron chi connectivity index (χ3n) is 5.50. The highest BCUT2D eigenvalue weighted by Gasteiger charge is 2.25. The molecule has 182 valence electrons. The number of amides is 1. The van der Waals surface area contributed by atoms with Crippen molar-refractivity contribution in [1.29, 1.82) is 0 Å². The number of nitrogens with zero attached hydrogens (tertiary/aromatic N) is 2. The van der Waals surface area contributed by atoms with Gasteiger partial charge in [0.1, 0.15) is 5.52 Å². The number of oxazole rings is 1. The largest absolute Gasteiger partial charge is 0.431 e. The van der Waals surface area contributed by atoms with E-state index in [1.165, 1.54) is 28.6 Å². The maximum Gasteiger partial charge on any atom is 0.257 e. The Morgan fingerprint density at radius 2 is 1.71 bits per heavy atom. The molecule has 0 bridgehead atoms. The topological polar surface area (TPSA) is 127 Å². The summed E-state index contributed by atoms with van der Waals surface area (Å²) in [4.78, 5) is 17.0. The maximum absolute atomic E-state index is 12.7. The number of piperidine rings is 1. The Kier molecular flexibility index (Phi) is 7.31. The van der Waals surface area contributed by atoms with Crippen LogP contribution in [-0.4, -0.2) is 56.6 Å². The summed E-state index contributed by atoms with van der Waals surface area (Å²) in [5.41, 5.74) is 1.32. The number of carbonyl (C=O) groups excluding carboxylic acids is 1. The second-order valence-electron chi connectivity index (χ2n) is 7.84. The van der Waals surface area contributed by atoms with Crippen molar-refractivity contribution in [3.8, 4) is 0 Å². The van der Waals surface area contributed by atoms with Crippen LogP contribution in [0.4, 0.5) is 5.69 Å². The van der Waals surface area contributed by atoms with Crippen molar-refractivity contribution in [2.45, 2.75) is 41.2 Å². The molecule has 1 saturated heterocycles. The molecule has 2 aromatic carbocycles. The quantitative estimate of drug-likeness (QED) is 0.444. The van der Waals surface area contributed by atoms with E-state index in [4.69, 9.17) is 4.42 Å². The van der Waals surface area contributed by atoms with E-state index >= 15 is 0 Å². The lowest BCUT2D eigenvalue weighted by Crippen LogP contribution is -2.35. The first-order valence-corrected chi connectivity index (χ1v) is 14.9. The molecule has 2 heterocycles. The minimum absolute atomic E-state index is 0.0106. The number of fused-ring (bicyclic) bond motifs is 1. The third kappa shape index (κ3) is 5.45. The van der Waals surface area contributed by atoms with E-state index in [1.54, 1.807) is 25.1 Å². The van der Waals surface area contributed by atoms with Crippen LogP contribution < -0.4 is 5.32 Å². The first kappa shape index (κ1) is 24.7. The zero-order valence-electron chi connectivity index (χ0n) is 18.6. The molecular formula is C22H25N3O6S3. The second kappa shape index (κ2) is 10.1. The van der Waals surface area contributed by atoms with Gasteiger partial charge in [-0.2, -0.15) is 4.31 Å². The predicted octanol–water partition coefficient (Wildman–Crippen LogP) is 3.53. The number of sulfonamides is 1. The van der Waals surface area contributed by atoms with Gasteiger partial charge in [0.2, 0.25) is 15.9 Å². The first-order valence-electron chi connectivity index (χ1n) is 10.9. The van der Waals surface area contributed by atoms with Crippen LogP contribution in [0.3, 0.4) is 0 Å². The van der Waals surface area contributed by atoms with Gasteiger partial charge in [-0.15, -0.1) is 0 Å². The van der Waals surface area contributed by atoms with E-state index in [0.717, 1.165) is 31.0 Å². The first-order chi connectivity index (χ1) is 16.2. The van der Waals surface area contributed by atoms with Crippen molar-refractivity contribution < 1.29 is 26.0 Å². The summed E-state index contributed by atoms with van der Waals surface area (Å²) < 4.78 is 56.6. The van der Waals surface area contributed by atoms with Gasteiger partial charge in [0.05, 0.1) is 21.3 Å². The van der Waals surface area contributed by atoms with Crippen LogP contribution in [0.1, 0.15) is 26.2 Å². The number of thioether (sulfide) groups is 1.